The zero-order valence-corrected chi connectivity index (χ0v) is 19.4. The van der Waals surface area contributed by atoms with Gasteiger partial charge in [0.05, 0.1) is 12.0 Å². The van der Waals surface area contributed by atoms with Crippen molar-refractivity contribution < 1.29 is 19.8 Å². The van der Waals surface area contributed by atoms with Crippen LogP contribution in [0, 0.1) is 11.8 Å². The van der Waals surface area contributed by atoms with Crippen LogP contribution in [0.15, 0.2) is 54.6 Å². The number of aromatic hydroxyl groups is 1. The number of hydrogen-bond donors (Lipinski definition) is 3. The third-order valence-electron chi connectivity index (χ3n) is 7.04. The average Bonchev–Trinajstić information content (AvgIpc) is 2.83. The summed E-state index contributed by atoms with van der Waals surface area (Å²) in [7, 11) is 0. The molecule has 0 saturated heterocycles. The number of carbonyl (C=O) groups is 2. The number of phenols is 1. The van der Waals surface area contributed by atoms with Gasteiger partial charge in [-0.1, -0.05) is 61.7 Å². The number of carboxylic acid groups (broad SMARTS) is 1. The number of para-hydroxylation sites is 1. The first-order chi connectivity index (χ1) is 16.0. The van der Waals surface area contributed by atoms with E-state index in [0.29, 0.717) is 23.7 Å². The van der Waals surface area contributed by atoms with E-state index in [9.17, 15) is 14.7 Å². The van der Waals surface area contributed by atoms with Gasteiger partial charge < -0.3 is 15.5 Å². The SMILES string of the molecule is C1CC2CCC12.O=C(O)CCNC1CCCCC1.O=C(c1ccccc1)c1ccccc1O. The fourth-order valence-electron chi connectivity index (χ4n) is 4.67. The second-order valence-corrected chi connectivity index (χ2v) is 9.32. The largest absolute Gasteiger partial charge is 0.507 e. The highest BCUT2D eigenvalue weighted by Crippen LogP contribution is 2.49. The van der Waals surface area contributed by atoms with Gasteiger partial charge in [-0.15, -0.1) is 0 Å². The van der Waals surface area contributed by atoms with Crippen molar-refractivity contribution in [3.05, 3.63) is 65.7 Å². The molecule has 3 aliphatic rings. The Balaban J connectivity index is 0.000000150. The van der Waals surface area contributed by atoms with E-state index < -0.39 is 5.97 Å². The fraction of sp³-hybridized carbons (Fsp3) is 0.500. The Labute approximate surface area is 197 Å². The van der Waals surface area contributed by atoms with Gasteiger partial charge in [-0.25, -0.2) is 0 Å². The summed E-state index contributed by atoms with van der Waals surface area (Å²) in [5, 5.41) is 21.2. The molecule has 33 heavy (non-hydrogen) atoms. The summed E-state index contributed by atoms with van der Waals surface area (Å²) in [6, 6.07) is 16.0. The molecule has 3 aliphatic carbocycles. The summed E-state index contributed by atoms with van der Waals surface area (Å²) >= 11 is 0. The third kappa shape index (κ3) is 8.01. The van der Waals surface area contributed by atoms with Gasteiger partial charge in [0.15, 0.2) is 5.78 Å². The smallest absolute Gasteiger partial charge is 0.304 e. The van der Waals surface area contributed by atoms with Crippen molar-refractivity contribution in [3.63, 3.8) is 0 Å². The Bertz CT molecular complexity index is 858. The first kappa shape index (κ1) is 25.0. The topological polar surface area (TPSA) is 86.6 Å². The van der Waals surface area contributed by atoms with Gasteiger partial charge in [-0.2, -0.15) is 0 Å². The monoisotopic (exact) mass is 451 g/mol. The predicted octanol–water partition coefficient (Wildman–Crippen LogP) is 5.81. The minimum Gasteiger partial charge on any atom is -0.507 e. The van der Waals surface area contributed by atoms with Gasteiger partial charge in [0.1, 0.15) is 5.75 Å². The Morgan fingerprint density at radius 2 is 1.36 bits per heavy atom. The Morgan fingerprint density at radius 1 is 0.788 bits per heavy atom. The zero-order valence-electron chi connectivity index (χ0n) is 19.4. The first-order valence-corrected chi connectivity index (χ1v) is 12.4. The number of phenolic OH excluding ortho intramolecular Hbond substituents is 1. The number of hydrogen-bond acceptors (Lipinski definition) is 4. The maximum Gasteiger partial charge on any atom is 0.304 e. The number of ketones is 1. The fourth-order valence-corrected chi connectivity index (χ4v) is 4.67. The molecule has 5 rings (SSSR count). The molecule has 3 fully saturated rings. The lowest BCUT2D eigenvalue weighted by Gasteiger charge is -2.46. The number of carbonyl (C=O) groups excluding carboxylic acids is 1. The number of benzene rings is 2. The van der Waals surface area contributed by atoms with Crippen molar-refractivity contribution in [1.29, 1.82) is 0 Å². The highest BCUT2D eigenvalue weighted by Gasteiger charge is 2.37. The van der Waals surface area contributed by atoms with E-state index in [1.54, 1.807) is 68.1 Å². The first-order valence-electron chi connectivity index (χ1n) is 12.4. The van der Waals surface area contributed by atoms with Crippen LogP contribution in [0.3, 0.4) is 0 Å². The standard InChI is InChI=1S/C13H10O2.C9H17NO2.C6H10/c14-12-9-5-4-8-11(12)13(15)10-6-2-1-3-7-10;11-9(12)6-7-10-8-4-2-1-3-5-8;1-2-6-4-3-5(1)6/h1-9,14H;8,10H,1-7H2,(H,11,12);5-6H,1-4H2. The quantitative estimate of drug-likeness (QED) is 0.482. The van der Waals surface area contributed by atoms with Gasteiger partial charge in [0.2, 0.25) is 0 Å². The van der Waals surface area contributed by atoms with Crippen LogP contribution in [-0.4, -0.2) is 34.6 Å². The lowest BCUT2D eigenvalue weighted by Crippen LogP contribution is -2.34. The normalized spacial score (nSPS) is 21.0. The summed E-state index contributed by atoms with van der Waals surface area (Å²) in [5.41, 5.74) is 0.919. The van der Waals surface area contributed by atoms with E-state index in [-0.39, 0.29) is 18.0 Å². The number of aliphatic carboxylic acids is 1. The molecular formula is C28H37NO4. The van der Waals surface area contributed by atoms with E-state index in [1.807, 2.05) is 6.07 Å². The molecule has 2 aromatic rings. The van der Waals surface area contributed by atoms with E-state index in [1.165, 1.54) is 50.0 Å². The molecule has 3 N–H and O–H groups in total. The van der Waals surface area contributed by atoms with Crippen LogP contribution in [0.2, 0.25) is 0 Å². The molecule has 0 unspecified atom stereocenters. The average molecular weight is 452 g/mol. The number of fused-ring (bicyclic) bond motifs is 1. The van der Waals surface area contributed by atoms with Gasteiger partial charge >= 0.3 is 5.97 Å². The Hall–Kier alpha value is -2.66. The van der Waals surface area contributed by atoms with Crippen LogP contribution in [0.1, 0.15) is 80.1 Å². The van der Waals surface area contributed by atoms with E-state index in [2.05, 4.69) is 5.32 Å². The Kier molecular flexibility index (Phi) is 9.95. The molecule has 0 heterocycles. The van der Waals surface area contributed by atoms with Crippen molar-refractivity contribution in [2.75, 3.05) is 6.54 Å². The van der Waals surface area contributed by atoms with Crippen LogP contribution in [0.25, 0.3) is 0 Å². The molecule has 178 valence electrons. The van der Waals surface area contributed by atoms with Crippen molar-refractivity contribution in [3.8, 4) is 5.75 Å². The van der Waals surface area contributed by atoms with Crippen molar-refractivity contribution in [2.24, 2.45) is 11.8 Å². The number of rotatable bonds is 6. The molecule has 2 aromatic carbocycles. The molecule has 0 spiro atoms. The Morgan fingerprint density at radius 3 is 1.88 bits per heavy atom. The highest BCUT2D eigenvalue weighted by atomic mass is 16.4. The molecule has 0 bridgehead atoms. The third-order valence-corrected chi connectivity index (χ3v) is 7.04. The maximum absolute atomic E-state index is 11.9. The van der Waals surface area contributed by atoms with Gasteiger partial charge in [0, 0.05) is 18.2 Å². The molecule has 0 amide bonds. The minimum atomic E-state index is -0.710. The van der Waals surface area contributed by atoms with E-state index in [0.717, 1.165) is 0 Å². The lowest BCUT2D eigenvalue weighted by molar-refractivity contribution is -0.136. The molecule has 0 aromatic heterocycles. The van der Waals surface area contributed by atoms with Crippen molar-refractivity contribution >= 4 is 11.8 Å². The van der Waals surface area contributed by atoms with Crippen LogP contribution in [-0.2, 0) is 4.79 Å². The van der Waals surface area contributed by atoms with Gasteiger partial charge in [-0.3, -0.25) is 9.59 Å². The lowest BCUT2D eigenvalue weighted by atomic mass is 9.60. The second kappa shape index (κ2) is 13.1. The highest BCUT2D eigenvalue weighted by molar-refractivity contribution is 6.10. The van der Waals surface area contributed by atoms with Gasteiger partial charge in [0.25, 0.3) is 0 Å². The summed E-state index contributed by atoms with van der Waals surface area (Å²) in [6.07, 6.45) is 12.9. The molecule has 5 nitrogen and oxygen atoms in total. The van der Waals surface area contributed by atoms with Crippen LogP contribution in [0.4, 0.5) is 0 Å². The van der Waals surface area contributed by atoms with Gasteiger partial charge in [-0.05, 0) is 62.5 Å². The minimum absolute atomic E-state index is 0.0198. The molecule has 3 saturated carbocycles. The summed E-state index contributed by atoms with van der Waals surface area (Å²) in [6.45, 7) is 0.625. The summed E-state index contributed by atoms with van der Waals surface area (Å²) in [4.78, 5) is 22.1. The van der Waals surface area contributed by atoms with Crippen LogP contribution in [0.5, 0.6) is 5.75 Å². The molecule has 0 radical (unpaired) electrons. The molecule has 0 atom stereocenters. The van der Waals surface area contributed by atoms with Crippen molar-refractivity contribution in [1.82, 2.24) is 5.32 Å². The number of carboxylic acids is 1. The van der Waals surface area contributed by atoms with E-state index in [4.69, 9.17) is 5.11 Å². The number of nitrogens with one attached hydrogen (secondary N) is 1. The molecular weight excluding hydrogens is 414 g/mol. The van der Waals surface area contributed by atoms with Crippen LogP contribution >= 0.6 is 0 Å². The summed E-state index contributed by atoms with van der Waals surface area (Å²) in [5.74, 6) is 1.58. The zero-order chi connectivity index (χ0) is 23.5. The van der Waals surface area contributed by atoms with E-state index >= 15 is 0 Å². The second-order valence-electron chi connectivity index (χ2n) is 9.32. The predicted molar refractivity (Wildman–Crippen MR) is 131 cm³/mol. The van der Waals surface area contributed by atoms with Crippen molar-refractivity contribution in [2.45, 2.75) is 70.3 Å². The summed E-state index contributed by atoms with van der Waals surface area (Å²) < 4.78 is 0. The van der Waals surface area contributed by atoms with Crippen LogP contribution < -0.4 is 5.32 Å². The maximum atomic E-state index is 11.9. The molecule has 5 heteroatoms. The molecule has 0 aliphatic heterocycles.